The van der Waals surface area contributed by atoms with E-state index in [4.69, 9.17) is 23.2 Å². The Kier molecular flexibility index (Phi) is 7.81. The molecule has 2 saturated carbocycles. The van der Waals surface area contributed by atoms with Crippen molar-refractivity contribution in [3.05, 3.63) is 87.6 Å². The van der Waals surface area contributed by atoms with Gasteiger partial charge in [0, 0.05) is 40.4 Å². The van der Waals surface area contributed by atoms with Crippen LogP contribution in [0.1, 0.15) is 61.6 Å². The minimum atomic E-state index is -3.38. The lowest BCUT2D eigenvalue weighted by Gasteiger charge is -2.61. The van der Waals surface area contributed by atoms with E-state index in [2.05, 4.69) is 12.6 Å². The first-order valence-electron chi connectivity index (χ1n) is 13.3. The summed E-state index contributed by atoms with van der Waals surface area (Å²) >= 11 is 12.7. The summed E-state index contributed by atoms with van der Waals surface area (Å²) in [6.07, 6.45) is 6.85. The number of allylic oxidation sites excluding steroid dienone is 1. The average molecular weight is 564 g/mol. The molecule has 200 valence electrons. The summed E-state index contributed by atoms with van der Waals surface area (Å²) in [6, 6.07) is 14.8. The SMILES string of the molecule is C=CC[C@H]1C[C@H](c2cccc(Cl)c2)[C@@H](c2ccc(Cl)cc2)[N+]([O-])([C@@H](CN(C)S(=O)(=O)C2CC2)C2CC2)C1. The highest BCUT2D eigenvalue weighted by molar-refractivity contribution is 7.90. The van der Waals surface area contributed by atoms with Crippen LogP contribution in [0.3, 0.4) is 0 Å². The van der Waals surface area contributed by atoms with Gasteiger partial charge in [-0.25, -0.2) is 8.42 Å². The molecule has 5 rings (SSSR count). The molecule has 3 aliphatic rings. The van der Waals surface area contributed by atoms with E-state index in [0.29, 0.717) is 29.4 Å². The van der Waals surface area contributed by atoms with Crippen molar-refractivity contribution in [2.45, 2.75) is 61.8 Å². The first-order chi connectivity index (χ1) is 17.6. The number of halogens is 2. The summed E-state index contributed by atoms with van der Waals surface area (Å²) in [5.74, 6) is 0.295. The first-order valence-corrected chi connectivity index (χ1v) is 15.5. The molecule has 2 aromatic carbocycles. The van der Waals surface area contributed by atoms with E-state index in [-0.39, 0.29) is 41.6 Å². The zero-order valence-electron chi connectivity index (χ0n) is 21.3. The van der Waals surface area contributed by atoms with Gasteiger partial charge in [0.1, 0.15) is 12.1 Å². The van der Waals surface area contributed by atoms with Gasteiger partial charge in [0.15, 0.2) is 0 Å². The van der Waals surface area contributed by atoms with Gasteiger partial charge >= 0.3 is 0 Å². The highest BCUT2D eigenvalue weighted by Crippen LogP contribution is 2.54. The van der Waals surface area contributed by atoms with E-state index in [1.807, 2.05) is 48.5 Å². The van der Waals surface area contributed by atoms with Crippen molar-refractivity contribution in [1.29, 1.82) is 0 Å². The second kappa shape index (κ2) is 10.6. The van der Waals surface area contributed by atoms with Crippen LogP contribution in [-0.2, 0) is 10.0 Å². The molecule has 2 aromatic rings. The number of rotatable bonds is 10. The van der Waals surface area contributed by atoms with Crippen LogP contribution in [0, 0.1) is 17.0 Å². The number of likely N-dealkylation sites (N-methyl/N-ethyl adjacent to an activating group) is 1. The maximum Gasteiger partial charge on any atom is 0.216 e. The van der Waals surface area contributed by atoms with Crippen LogP contribution in [0.4, 0.5) is 0 Å². The van der Waals surface area contributed by atoms with Gasteiger partial charge in [-0.2, -0.15) is 4.31 Å². The number of nitrogens with zero attached hydrogens (tertiary/aromatic N) is 2. The molecular formula is C29H36Cl2N2O3S. The normalized spacial score (nSPS) is 29.3. The standard InChI is InChI=1S/C29H36Cl2N2O3S/c1-3-5-20-16-27(23-6-4-7-25(31)17-23)29(22-10-12-24(30)13-11-22)33(34,19-20)28(21-8-9-21)18-32(2)37(35,36)26-14-15-26/h3-4,6-7,10-13,17,20-21,26-29H,1,5,8-9,14-16,18-19H2,2H3/t20-,27+,28-,29+,33?/m0/s1. The predicted molar refractivity (Wildman–Crippen MR) is 151 cm³/mol. The fourth-order valence-electron chi connectivity index (χ4n) is 6.45. The van der Waals surface area contributed by atoms with Gasteiger partial charge in [-0.1, -0.05) is 53.5 Å². The van der Waals surface area contributed by atoms with Crippen molar-refractivity contribution in [3.8, 4) is 0 Å². The van der Waals surface area contributed by atoms with Gasteiger partial charge in [-0.05, 0) is 68.4 Å². The van der Waals surface area contributed by atoms with E-state index in [1.54, 1.807) is 7.05 Å². The van der Waals surface area contributed by atoms with Crippen molar-refractivity contribution < 1.29 is 13.1 Å². The number of hydrogen-bond donors (Lipinski definition) is 0. The molecule has 1 heterocycles. The number of hydroxylamine groups is 3. The molecule has 1 aliphatic heterocycles. The molecule has 3 fully saturated rings. The van der Waals surface area contributed by atoms with Crippen LogP contribution in [0.25, 0.3) is 0 Å². The fraction of sp³-hybridized carbons (Fsp3) is 0.517. The van der Waals surface area contributed by atoms with E-state index in [1.165, 1.54) is 4.31 Å². The summed E-state index contributed by atoms with van der Waals surface area (Å²) in [7, 11) is -1.72. The van der Waals surface area contributed by atoms with Crippen LogP contribution in [-0.4, -0.2) is 48.8 Å². The monoisotopic (exact) mass is 562 g/mol. The third kappa shape index (κ3) is 5.66. The third-order valence-electron chi connectivity index (χ3n) is 8.52. The first kappa shape index (κ1) is 27.2. The van der Waals surface area contributed by atoms with Gasteiger partial charge in [-0.3, -0.25) is 0 Å². The van der Waals surface area contributed by atoms with Crippen LogP contribution < -0.4 is 0 Å². The Hall–Kier alpha value is -1.41. The Labute approximate surface area is 231 Å². The van der Waals surface area contributed by atoms with Crippen LogP contribution >= 0.6 is 23.2 Å². The summed E-state index contributed by atoms with van der Waals surface area (Å²) in [5, 5.41) is 16.5. The molecule has 1 saturated heterocycles. The van der Waals surface area contributed by atoms with Gasteiger partial charge in [-0.15, -0.1) is 6.58 Å². The number of quaternary nitrogens is 1. The largest absolute Gasteiger partial charge is 0.632 e. The second-order valence-corrected chi connectivity index (χ2v) is 14.4. The number of benzene rings is 2. The van der Waals surface area contributed by atoms with E-state index in [9.17, 15) is 8.42 Å². The molecule has 0 amide bonds. The highest BCUT2D eigenvalue weighted by Gasteiger charge is 2.54. The molecule has 5 nitrogen and oxygen atoms in total. The maximum atomic E-state index is 15.5. The molecule has 0 aromatic heterocycles. The number of sulfonamides is 1. The third-order valence-corrected chi connectivity index (χ3v) is 11.3. The number of hydrogen-bond acceptors (Lipinski definition) is 3. The summed E-state index contributed by atoms with van der Waals surface area (Å²) in [5.41, 5.74) is 1.99. The van der Waals surface area contributed by atoms with Gasteiger partial charge in [0.2, 0.25) is 10.0 Å². The van der Waals surface area contributed by atoms with Crippen molar-refractivity contribution in [2.24, 2.45) is 11.8 Å². The molecule has 0 N–H and O–H groups in total. The zero-order valence-corrected chi connectivity index (χ0v) is 23.6. The smallest absolute Gasteiger partial charge is 0.216 e. The van der Waals surface area contributed by atoms with Crippen molar-refractivity contribution in [1.82, 2.24) is 4.31 Å². The Morgan fingerprint density at radius 3 is 2.38 bits per heavy atom. The summed E-state index contributed by atoms with van der Waals surface area (Å²) in [4.78, 5) is 0. The van der Waals surface area contributed by atoms with Crippen LogP contribution in [0.5, 0.6) is 0 Å². The van der Waals surface area contributed by atoms with Gasteiger partial charge in [0.25, 0.3) is 0 Å². The minimum absolute atomic E-state index is 0.0670. The lowest BCUT2D eigenvalue weighted by atomic mass is 9.74. The van der Waals surface area contributed by atoms with Gasteiger partial charge < -0.3 is 9.85 Å². The molecule has 0 radical (unpaired) electrons. The van der Waals surface area contributed by atoms with E-state index >= 15 is 5.21 Å². The van der Waals surface area contributed by atoms with Crippen LogP contribution in [0.15, 0.2) is 61.2 Å². The lowest BCUT2D eigenvalue weighted by Crippen LogP contribution is -2.63. The molecular weight excluding hydrogens is 527 g/mol. The molecule has 8 heteroatoms. The summed E-state index contributed by atoms with van der Waals surface area (Å²) in [6.45, 7) is 4.66. The van der Waals surface area contributed by atoms with Crippen molar-refractivity contribution in [3.63, 3.8) is 0 Å². The topological polar surface area (TPSA) is 60.4 Å². The molecule has 0 bridgehead atoms. The fourth-order valence-corrected chi connectivity index (χ4v) is 8.37. The Bertz CT molecular complexity index is 1230. The van der Waals surface area contributed by atoms with Crippen LogP contribution in [0.2, 0.25) is 10.0 Å². The maximum absolute atomic E-state index is 15.5. The van der Waals surface area contributed by atoms with E-state index in [0.717, 1.165) is 36.8 Å². The van der Waals surface area contributed by atoms with Crippen molar-refractivity contribution >= 4 is 33.2 Å². The zero-order chi connectivity index (χ0) is 26.4. The second-order valence-electron chi connectivity index (χ2n) is 11.3. The molecule has 2 aliphatic carbocycles. The Morgan fingerprint density at radius 1 is 1.08 bits per heavy atom. The van der Waals surface area contributed by atoms with E-state index < -0.39 is 14.7 Å². The minimum Gasteiger partial charge on any atom is -0.632 e. The predicted octanol–water partition coefficient (Wildman–Crippen LogP) is 6.93. The number of piperidine rings is 1. The Morgan fingerprint density at radius 2 is 1.78 bits per heavy atom. The van der Waals surface area contributed by atoms with Crippen molar-refractivity contribution in [2.75, 3.05) is 20.1 Å². The molecule has 0 spiro atoms. The quantitative estimate of drug-likeness (QED) is 0.179. The lowest BCUT2D eigenvalue weighted by molar-refractivity contribution is -0.946. The highest BCUT2D eigenvalue weighted by atomic mass is 35.5. The molecule has 5 atom stereocenters. The number of likely N-dealkylation sites (tertiary alicyclic amines) is 1. The molecule has 1 unspecified atom stereocenters. The Balaban J connectivity index is 1.61. The summed E-state index contributed by atoms with van der Waals surface area (Å²) < 4.78 is 27.3. The molecule has 37 heavy (non-hydrogen) atoms. The van der Waals surface area contributed by atoms with Gasteiger partial charge in [0.05, 0.1) is 18.3 Å². The average Bonchev–Trinajstić information content (AvgIpc) is 3.76.